The van der Waals surface area contributed by atoms with E-state index in [1.165, 1.54) is 24.3 Å². The lowest BCUT2D eigenvalue weighted by Gasteiger charge is -2.31. The number of nitrogens with zero attached hydrogens (tertiary/aromatic N) is 2. The number of methoxy groups -OCH3 is 1. The number of ketones is 1. The summed E-state index contributed by atoms with van der Waals surface area (Å²) in [6.07, 6.45) is 0.928. The molecule has 0 N–H and O–H groups in total. The van der Waals surface area contributed by atoms with Crippen LogP contribution in [0.25, 0.3) is 0 Å². The van der Waals surface area contributed by atoms with Crippen molar-refractivity contribution >= 4 is 17.7 Å². The molecule has 7 nitrogen and oxygen atoms in total. The first-order valence-electron chi connectivity index (χ1n) is 10.7. The maximum Gasteiger partial charge on any atom is 0.309 e. The summed E-state index contributed by atoms with van der Waals surface area (Å²) in [6.45, 7) is 5.49. The number of piperidine rings is 1. The van der Waals surface area contributed by atoms with Gasteiger partial charge in [-0.25, -0.2) is 4.39 Å². The summed E-state index contributed by atoms with van der Waals surface area (Å²) >= 11 is 0. The van der Waals surface area contributed by atoms with Gasteiger partial charge in [0.2, 0.25) is 5.78 Å². The number of carbonyl (C=O) groups excluding carboxylic acids is 3. The fourth-order valence-electron chi connectivity index (χ4n) is 4.04. The SMILES string of the molecule is COCCn1c(C)cc(C(=O)COC(=O)C2CCN(C(=O)c3ccc(F)cc3)CC2)c1C. The smallest absolute Gasteiger partial charge is 0.309 e. The molecule has 1 amide bonds. The van der Waals surface area contributed by atoms with E-state index in [1.807, 2.05) is 18.4 Å². The third-order valence-electron chi connectivity index (χ3n) is 5.95. The van der Waals surface area contributed by atoms with E-state index in [0.29, 0.717) is 50.2 Å². The van der Waals surface area contributed by atoms with E-state index in [1.54, 1.807) is 18.1 Å². The van der Waals surface area contributed by atoms with Crippen LogP contribution in [-0.2, 0) is 20.8 Å². The summed E-state index contributed by atoms with van der Waals surface area (Å²) in [5.74, 6) is -1.58. The largest absolute Gasteiger partial charge is 0.457 e. The van der Waals surface area contributed by atoms with E-state index >= 15 is 0 Å². The first-order valence-corrected chi connectivity index (χ1v) is 10.7. The molecule has 2 aromatic rings. The van der Waals surface area contributed by atoms with E-state index in [2.05, 4.69) is 0 Å². The summed E-state index contributed by atoms with van der Waals surface area (Å²) in [7, 11) is 1.63. The van der Waals surface area contributed by atoms with Crippen LogP contribution in [-0.4, -0.2) is 60.5 Å². The van der Waals surface area contributed by atoms with Gasteiger partial charge in [-0.05, 0) is 57.0 Å². The van der Waals surface area contributed by atoms with E-state index in [-0.39, 0.29) is 24.2 Å². The van der Waals surface area contributed by atoms with Crippen molar-refractivity contribution in [2.45, 2.75) is 33.2 Å². The van der Waals surface area contributed by atoms with Crippen LogP contribution in [0.15, 0.2) is 30.3 Å². The summed E-state index contributed by atoms with van der Waals surface area (Å²) in [5.41, 5.74) is 2.74. The normalized spacial score (nSPS) is 14.4. The number of aryl methyl sites for hydroxylation is 1. The van der Waals surface area contributed by atoms with Gasteiger partial charge >= 0.3 is 5.97 Å². The van der Waals surface area contributed by atoms with E-state index in [9.17, 15) is 18.8 Å². The number of aromatic nitrogens is 1. The van der Waals surface area contributed by atoms with Crippen molar-refractivity contribution in [1.29, 1.82) is 0 Å². The van der Waals surface area contributed by atoms with Gasteiger partial charge in [-0.3, -0.25) is 14.4 Å². The minimum absolute atomic E-state index is 0.184. The summed E-state index contributed by atoms with van der Waals surface area (Å²) in [5, 5.41) is 0. The Morgan fingerprint density at radius 1 is 1.09 bits per heavy atom. The number of amides is 1. The van der Waals surface area contributed by atoms with Gasteiger partial charge in [0.15, 0.2) is 6.61 Å². The number of Topliss-reactive ketones (excluding diaryl/α,β-unsaturated/α-hetero) is 1. The van der Waals surface area contributed by atoms with Crippen LogP contribution >= 0.6 is 0 Å². The van der Waals surface area contributed by atoms with Crippen LogP contribution < -0.4 is 0 Å². The maximum atomic E-state index is 13.1. The Bertz CT molecular complexity index is 975. The molecular formula is C24H29FN2O5. The van der Waals surface area contributed by atoms with Crippen LogP contribution in [0.4, 0.5) is 4.39 Å². The maximum absolute atomic E-state index is 13.1. The standard InChI is InChI=1S/C24H29FN2O5/c1-16-14-21(17(2)27(16)12-13-31-3)22(28)15-32-24(30)19-8-10-26(11-9-19)23(29)18-4-6-20(25)7-5-18/h4-7,14,19H,8-13,15H2,1-3H3. The predicted octanol–water partition coefficient (Wildman–Crippen LogP) is 3.17. The Balaban J connectivity index is 1.49. The molecule has 1 aromatic heterocycles. The number of esters is 1. The fraction of sp³-hybridized carbons (Fsp3) is 0.458. The second-order valence-electron chi connectivity index (χ2n) is 8.03. The van der Waals surface area contributed by atoms with Gasteiger partial charge in [0.05, 0.1) is 12.5 Å². The lowest BCUT2D eigenvalue weighted by atomic mass is 9.96. The number of likely N-dealkylation sites (tertiary alicyclic amines) is 1. The minimum Gasteiger partial charge on any atom is -0.457 e. The summed E-state index contributed by atoms with van der Waals surface area (Å²) < 4.78 is 25.5. The first kappa shape index (κ1) is 23.7. The average molecular weight is 445 g/mol. The molecular weight excluding hydrogens is 415 g/mol. The molecule has 0 spiro atoms. The van der Waals surface area contributed by atoms with E-state index in [0.717, 1.165) is 11.4 Å². The lowest BCUT2D eigenvalue weighted by molar-refractivity contribution is -0.148. The molecule has 0 radical (unpaired) electrons. The quantitative estimate of drug-likeness (QED) is 0.462. The molecule has 8 heteroatoms. The van der Waals surface area contributed by atoms with Gasteiger partial charge in [-0.15, -0.1) is 0 Å². The molecule has 1 aromatic carbocycles. The Labute approximate surface area is 187 Å². The van der Waals surface area contributed by atoms with Crippen molar-refractivity contribution in [1.82, 2.24) is 9.47 Å². The number of hydrogen-bond donors (Lipinski definition) is 0. The third kappa shape index (κ3) is 5.43. The molecule has 32 heavy (non-hydrogen) atoms. The molecule has 1 fully saturated rings. The highest BCUT2D eigenvalue weighted by Crippen LogP contribution is 2.21. The molecule has 2 heterocycles. The second-order valence-corrected chi connectivity index (χ2v) is 8.03. The molecule has 1 aliphatic rings. The second kappa shape index (κ2) is 10.5. The molecule has 0 unspecified atom stereocenters. The first-order chi connectivity index (χ1) is 15.3. The van der Waals surface area contributed by atoms with Gasteiger partial charge in [-0.2, -0.15) is 0 Å². The minimum atomic E-state index is -0.416. The van der Waals surface area contributed by atoms with Crippen LogP contribution in [0, 0.1) is 25.6 Å². The van der Waals surface area contributed by atoms with Crippen molar-refractivity contribution in [2.75, 3.05) is 33.4 Å². The van der Waals surface area contributed by atoms with E-state index < -0.39 is 11.8 Å². The van der Waals surface area contributed by atoms with Crippen molar-refractivity contribution in [3.8, 4) is 0 Å². The van der Waals surface area contributed by atoms with Crippen LogP contribution in [0.3, 0.4) is 0 Å². The lowest BCUT2D eigenvalue weighted by Crippen LogP contribution is -2.40. The Morgan fingerprint density at radius 2 is 1.75 bits per heavy atom. The highest BCUT2D eigenvalue weighted by Gasteiger charge is 2.29. The molecule has 1 saturated heterocycles. The topological polar surface area (TPSA) is 77.8 Å². The van der Waals surface area contributed by atoms with Crippen molar-refractivity contribution in [2.24, 2.45) is 5.92 Å². The Kier molecular flexibility index (Phi) is 7.80. The van der Waals surface area contributed by atoms with Crippen LogP contribution in [0.2, 0.25) is 0 Å². The number of halogens is 1. The van der Waals surface area contributed by atoms with Gasteiger partial charge in [0.1, 0.15) is 5.82 Å². The van der Waals surface area contributed by atoms with Gasteiger partial charge in [-0.1, -0.05) is 0 Å². The summed E-state index contributed by atoms with van der Waals surface area (Å²) in [4.78, 5) is 39.3. The molecule has 0 atom stereocenters. The molecule has 172 valence electrons. The zero-order chi connectivity index (χ0) is 23.3. The fourth-order valence-corrected chi connectivity index (χ4v) is 4.04. The average Bonchev–Trinajstić information content (AvgIpc) is 3.09. The molecule has 0 bridgehead atoms. The van der Waals surface area contributed by atoms with Crippen molar-refractivity contribution in [3.63, 3.8) is 0 Å². The van der Waals surface area contributed by atoms with E-state index in [4.69, 9.17) is 9.47 Å². The number of rotatable bonds is 8. The monoisotopic (exact) mass is 444 g/mol. The molecule has 0 saturated carbocycles. The Morgan fingerprint density at radius 3 is 2.38 bits per heavy atom. The Hall–Kier alpha value is -3.00. The zero-order valence-electron chi connectivity index (χ0n) is 18.7. The number of benzene rings is 1. The van der Waals surface area contributed by atoms with Crippen molar-refractivity contribution < 1.29 is 28.2 Å². The number of carbonyl (C=O) groups is 3. The number of ether oxygens (including phenoxy) is 2. The van der Waals surface area contributed by atoms with Crippen LogP contribution in [0.5, 0.6) is 0 Å². The molecule has 1 aliphatic heterocycles. The third-order valence-corrected chi connectivity index (χ3v) is 5.95. The zero-order valence-corrected chi connectivity index (χ0v) is 18.7. The molecule has 0 aliphatic carbocycles. The van der Waals surface area contributed by atoms with Gasteiger partial charge in [0, 0.05) is 49.3 Å². The van der Waals surface area contributed by atoms with Gasteiger partial charge in [0.25, 0.3) is 5.91 Å². The molecule has 3 rings (SSSR count). The highest BCUT2D eigenvalue weighted by atomic mass is 19.1. The van der Waals surface area contributed by atoms with Gasteiger partial charge < -0.3 is 18.9 Å². The van der Waals surface area contributed by atoms with Crippen molar-refractivity contribution in [3.05, 3.63) is 58.7 Å². The predicted molar refractivity (Wildman–Crippen MR) is 116 cm³/mol. The summed E-state index contributed by atoms with van der Waals surface area (Å²) in [6, 6.07) is 7.22. The number of hydrogen-bond acceptors (Lipinski definition) is 5. The van der Waals surface area contributed by atoms with Crippen LogP contribution in [0.1, 0.15) is 44.9 Å². The highest BCUT2D eigenvalue weighted by molar-refractivity contribution is 5.99.